The fourth-order valence-electron chi connectivity index (χ4n) is 1.32. The van der Waals surface area contributed by atoms with Crippen molar-refractivity contribution in [3.8, 4) is 0 Å². The molecule has 0 bridgehead atoms. The second kappa shape index (κ2) is 9.81. The summed E-state index contributed by atoms with van der Waals surface area (Å²) >= 11 is 0. The summed E-state index contributed by atoms with van der Waals surface area (Å²) in [6, 6.07) is -0.883. The molecule has 0 heterocycles. The standard InChI is InChI=1S/C11H23N3O4/c1-9(15)13-10(11(16)17)8-12-4-5-14(2)6-7-18-3/h10,12H,4-8H2,1-3H3,(H,13,15)(H,16,17). The van der Waals surface area contributed by atoms with Crippen LogP contribution in [0.2, 0.25) is 0 Å². The number of carbonyl (C=O) groups is 2. The van der Waals surface area contributed by atoms with Gasteiger partial charge in [0.15, 0.2) is 0 Å². The van der Waals surface area contributed by atoms with Crippen molar-refractivity contribution in [1.82, 2.24) is 15.5 Å². The maximum absolute atomic E-state index is 10.8. The number of ether oxygens (including phenoxy) is 1. The number of aliphatic carboxylic acids is 1. The molecule has 0 rings (SSSR count). The number of nitrogens with zero attached hydrogens (tertiary/aromatic N) is 1. The molecule has 7 heteroatoms. The number of carbonyl (C=O) groups excluding carboxylic acids is 1. The Kier molecular flexibility index (Phi) is 9.17. The maximum atomic E-state index is 10.8. The highest BCUT2D eigenvalue weighted by molar-refractivity contribution is 5.82. The lowest BCUT2D eigenvalue weighted by molar-refractivity contribution is -0.141. The van der Waals surface area contributed by atoms with E-state index in [0.29, 0.717) is 13.2 Å². The van der Waals surface area contributed by atoms with Crippen LogP contribution in [0.3, 0.4) is 0 Å². The van der Waals surface area contributed by atoms with Crippen LogP contribution >= 0.6 is 0 Å². The zero-order valence-corrected chi connectivity index (χ0v) is 11.2. The Bertz CT molecular complexity index is 261. The first kappa shape index (κ1) is 16.8. The van der Waals surface area contributed by atoms with Gasteiger partial charge in [0, 0.05) is 40.2 Å². The SMILES string of the molecule is COCCN(C)CCNCC(NC(C)=O)C(=O)O. The predicted molar refractivity (Wildman–Crippen MR) is 67.5 cm³/mol. The van der Waals surface area contributed by atoms with Crippen molar-refractivity contribution >= 4 is 11.9 Å². The molecule has 1 atom stereocenters. The molecular weight excluding hydrogens is 238 g/mol. The molecule has 0 radical (unpaired) electrons. The number of nitrogens with one attached hydrogen (secondary N) is 2. The molecule has 1 amide bonds. The highest BCUT2D eigenvalue weighted by Crippen LogP contribution is 1.84. The Labute approximate surface area is 107 Å². The molecule has 0 aliphatic heterocycles. The third kappa shape index (κ3) is 8.91. The van der Waals surface area contributed by atoms with Gasteiger partial charge >= 0.3 is 5.97 Å². The summed E-state index contributed by atoms with van der Waals surface area (Å²) in [6.07, 6.45) is 0. The molecular formula is C11H23N3O4. The minimum atomic E-state index is -1.04. The number of hydrogen-bond donors (Lipinski definition) is 3. The fraction of sp³-hybridized carbons (Fsp3) is 0.818. The Morgan fingerprint density at radius 3 is 2.56 bits per heavy atom. The minimum Gasteiger partial charge on any atom is -0.480 e. The van der Waals surface area contributed by atoms with Crippen LogP contribution in [0.1, 0.15) is 6.92 Å². The highest BCUT2D eigenvalue weighted by atomic mass is 16.5. The molecule has 3 N–H and O–H groups in total. The summed E-state index contributed by atoms with van der Waals surface area (Å²) < 4.78 is 4.94. The van der Waals surface area contributed by atoms with E-state index in [0.717, 1.165) is 13.1 Å². The Morgan fingerprint density at radius 2 is 2.06 bits per heavy atom. The van der Waals surface area contributed by atoms with Crippen LogP contribution in [0.15, 0.2) is 0 Å². The molecule has 0 aromatic rings. The van der Waals surface area contributed by atoms with Crippen LogP contribution in [-0.2, 0) is 14.3 Å². The number of carboxylic acids is 1. The molecule has 0 saturated carbocycles. The largest absolute Gasteiger partial charge is 0.480 e. The van der Waals surface area contributed by atoms with Gasteiger partial charge in [-0.2, -0.15) is 0 Å². The minimum absolute atomic E-state index is 0.215. The molecule has 0 spiro atoms. The third-order valence-corrected chi connectivity index (χ3v) is 2.37. The first-order valence-electron chi connectivity index (χ1n) is 5.85. The van der Waals surface area contributed by atoms with E-state index in [1.807, 2.05) is 7.05 Å². The van der Waals surface area contributed by atoms with E-state index < -0.39 is 12.0 Å². The van der Waals surface area contributed by atoms with Crippen molar-refractivity contribution in [2.45, 2.75) is 13.0 Å². The van der Waals surface area contributed by atoms with E-state index in [1.165, 1.54) is 6.92 Å². The smallest absolute Gasteiger partial charge is 0.327 e. The number of hydrogen-bond acceptors (Lipinski definition) is 5. The number of rotatable bonds is 10. The number of likely N-dealkylation sites (N-methyl/N-ethyl adjacent to an activating group) is 1. The average Bonchev–Trinajstić information content (AvgIpc) is 2.29. The third-order valence-electron chi connectivity index (χ3n) is 2.37. The van der Waals surface area contributed by atoms with Crippen molar-refractivity contribution < 1.29 is 19.4 Å². The number of amides is 1. The maximum Gasteiger partial charge on any atom is 0.327 e. The van der Waals surface area contributed by atoms with Gasteiger partial charge in [-0.3, -0.25) is 4.79 Å². The van der Waals surface area contributed by atoms with Gasteiger partial charge < -0.3 is 25.4 Å². The summed E-state index contributed by atoms with van der Waals surface area (Å²) in [6.45, 7) is 4.45. The van der Waals surface area contributed by atoms with E-state index in [9.17, 15) is 9.59 Å². The van der Waals surface area contributed by atoms with Crippen LogP contribution in [0.5, 0.6) is 0 Å². The molecule has 106 valence electrons. The highest BCUT2D eigenvalue weighted by Gasteiger charge is 2.17. The lowest BCUT2D eigenvalue weighted by atomic mass is 10.3. The van der Waals surface area contributed by atoms with E-state index in [-0.39, 0.29) is 12.5 Å². The van der Waals surface area contributed by atoms with Gasteiger partial charge in [-0.05, 0) is 7.05 Å². The van der Waals surface area contributed by atoms with E-state index in [2.05, 4.69) is 15.5 Å². The van der Waals surface area contributed by atoms with Gasteiger partial charge in [-0.25, -0.2) is 4.79 Å². The summed E-state index contributed by atoms with van der Waals surface area (Å²) in [7, 11) is 3.61. The van der Waals surface area contributed by atoms with Gasteiger partial charge in [-0.1, -0.05) is 0 Å². The first-order chi connectivity index (χ1) is 8.47. The van der Waals surface area contributed by atoms with Crippen LogP contribution in [0, 0.1) is 0 Å². The monoisotopic (exact) mass is 261 g/mol. The van der Waals surface area contributed by atoms with Gasteiger partial charge in [-0.15, -0.1) is 0 Å². The summed E-state index contributed by atoms with van der Waals surface area (Å²) in [5.41, 5.74) is 0. The Balaban J connectivity index is 3.72. The number of methoxy groups -OCH3 is 1. The molecule has 0 aliphatic rings. The summed E-state index contributed by atoms with van der Waals surface area (Å²) in [5, 5.41) is 14.2. The van der Waals surface area contributed by atoms with Gasteiger partial charge in [0.2, 0.25) is 5.91 Å². The van der Waals surface area contributed by atoms with Crippen molar-refractivity contribution in [2.24, 2.45) is 0 Å². The molecule has 0 fully saturated rings. The average molecular weight is 261 g/mol. The van der Waals surface area contributed by atoms with Crippen molar-refractivity contribution in [3.05, 3.63) is 0 Å². The quantitative estimate of drug-likeness (QED) is 0.425. The molecule has 1 unspecified atom stereocenters. The lowest BCUT2D eigenvalue weighted by Gasteiger charge is -2.18. The van der Waals surface area contributed by atoms with E-state index >= 15 is 0 Å². The van der Waals surface area contributed by atoms with E-state index in [4.69, 9.17) is 9.84 Å². The lowest BCUT2D eigenvalue weighted by Crippen LogP contribution is -2.47. The molecule has 7 nitrogen and oxygen atoms in total. The Hall–Kier alpha value is -1.18. The summed E-state index contributed by atoms with van der Waals surface area (Å²) in [4.78, 5) is 23.7. The van der Waals surface area contributed by atoms with Crippen LogP contribution in [0.4, 0.5) is 0 Å². The molecule has 18 heavy (non-hydrogen) atoms. The zero-order chi connectivity index (χ0) is 14.0. The van der Waals surface area contributed by atoms with Crippen molar-refractivity contribution in [3.63, 3.8) is 0 Å². The van der Waals surface area contributed by atoms with Crippen LogP contribution < -0.4 is 10.6 Å². The molecule has 0 saturated heterocycles. The molecule has 0 aromatic carbocycles. The van der Waals surface area contributed by atoms with Gasteiger partial charge in [0.05, 0.1) is 6.61 Å². The molecule has 0 aromatic heterocycles. The first-order valence-corrected chi connectivity index (χ1v) is 5.85. The van der Waals surface area contributed by atoms with E-state index in [1.54, 1.807) is 7.11 Å². The number of carboxylic acid groups (broad SMARTS) is 1. The van der Waals surface area contributed by atoms with Crippen LogP contribution in [-0.4, -0.2) is 74.9 Å². The van der Waals surface area contributed by atoms with Gasteiger partial charge in [0.1, 0.15) is 6.04 Å². The predicted octanol–water partition coefficient (Wildman–Crippen LogP) is -1.26. The van der Waals surface area contributed by atoms with Gasteiger partial charge in [0.25, 0.3) is 0 Å². The van der Waals surface area contributed by atoms with Crippen molar-refractivity contribution in [2.75, 3.05) is 46.9 Å². The second-order valence-electron chi connectivity index (χ2n) is 4.09. The second-order valence-corrected chi connectivity index (χ2v) is 4.09. The van der Waals surface area contributed by atoms with Crippen molar-refractivity contribution in [1.29, 1.82) is 0 Å². The zero-order valence-electron chi connectivity index (χ0n) is 11.2. The van der Waals surface area contributed by atoms with Crippen LogP contribution in [0.25, 0.3) is 0 Å². The Morgan fingerprint density at radius 1 is 1.39 bits per heavy atom. The normalized spacial score (nSPS) is 12.4. The topological polar surface area (TPSA) is 90.9 Å². The fourth-order valence-corrected chi connectivity index (χ4v) is 1.32. The summed E-state index contributed by atoms with van der Waals surface area (Å²) in [5.74, 6) is -1.38. The molecule has 0 aliphatic carbocycles.